The van der Waals surface area contributed by atoms with E-state index >= 15 is 0 Å². The first-order valence-corrected chi connectivity index (χ1v) is 7.76. The number of ketones is 2. The molecule has 2 aromatic rings. The Morgan fingerprint density at radius 3 is 2.77 bits per heavy atom. The van der Waals surface area contributed by atoms with E-state index in [-0.39, 0.29) is 17.3 Å². The number of hydrogen-bond acceptors (Lipinski definition) is 4. The number of halogens is 2. The van der Waals surface area contributed by atoms with E-state index in [0.717, 1.165) is 12.8 Å². The Kier molecular flexibility index (Phi) is 4.27. The predicted molar refractivity (Wildman–Crippen MR) is 82.7 cm³/mol. The minimum absolute atomic E-state index is 0.000312. The van der Waals surface area contributed by atoms with E-state index in [1.807, 2.05) is 0 Å². The lowest BCUT2D eigenvalue weighted by Crippen LogP contribution is -2.27. The van der Waals surface area contributed by atoms with Gasteiger partial charge in [0.1, 0.15) is 11.5 Å². The van der Waals surface area contributed by atoms with Gasteiger partial charge in [-0.3, -0.25) is 9.59 Å². The Labute approximate surface area is 137 Å². The van der Waals surface area contributed by atoms with Gasteiger partial charge >= 0.3 is 0 Å². The molecular formula is C15H13Cl2N3O2. The molecule has 1 aliphatic carbocycles. The highest BCUT2D eigenvalue weighted by atomic mass is 35.5. The van der Waals surface area contributed by atoms with Crippen LogP contribution >= 0.6 is 23.2 Å². The fraction of sp³-hybridized carbons (Fsp3) is 0.333. The molecular weight excluding hydrogens is 325 g/mol. The minimum atomic E-state index is -0.576. The molecule has 7 heteroatoms. The Balaban J connectivity index is 1.85. The number of hydrogen-bond donors (Lipinski definition) is 0. The number of benzene rings is 1. The third kappa shape index (κ3) is 2.91. The van der Waals surface area contributed by atoms with Crippen molar-refractivity contribution in [3.8, 4) is 5.69 Å². The van der Waals surface area contributed by atoms with Crippen molar-refractivity contribution in [1.82, 2.24) is 15.0 Å². The molecule has 0 saturated heterocycles. The molecule has 114 valence electrons. The van der Waals surface area contributed by atoms with Crippen LogP contribution in [-0.4, -0.2) is 26.6 Å². The molecule has 1 aliphatic rings. The number of aromatic nitrogens is 3. The van der Waals surface area contributed by atoms with Crippen molar-refractivity contribution in [3.05, 3.63) is 40.1 Å². The van der Waals surface area contributed by atoms with Crippen molar-refractivity contribution in [2.45, 2.75) is 25.7 Å². The summed E-state index contributed by atoms with van der Waals surface area (Å²) in [6, 6.07) is 5.01. The molecule has 5 nitrogen and oxygen atoms in total. The molecule has 0 N–H and O–H groups in total. The summed E-state index contributed by atoms with van der Waals surface area (Å²) in [7, 11) is 0. The van der Waals surface area contributed by atoms with Crippen LogP contribution in [-0.2, 0) is 4.79 Å². The Morgan fingerprint density at radius 1 is 1.23 bits per heavy atom. The van der Waals surface area contributed by atoms with E-state index in [9.17, 15) is 9.59 Å². The summed E-state index contributed by atoms with van der Waals surface area (Å²) in [6.07, 6.45) is 4.33. The Hall–Kier alpha value is -1.72. The molecule has 0 bridgehead atoms. The molecule has 0 spiro atoms. The monoisotopic (exact) mass is 337 g/mol. The normalized spacial score (nSPS) is 18.5. The lowest BCUT2D eigenvalue weighted by molar-refractivity contribution is -0.122. The molecule has 1 saturated carbocycles. The van der Waals surface area contributed by atoms with Crippen molar-refractivity contribution < 1.29 is 9.59 Å². The maximum atomic E-state index is 12.4. The zero-order valence-electron chi connectivity index (χ0n) is 11.6. The zero-order chi connectivity index (χ0) is 15.7. The lowest BCUT2D eigenvalue weighted by atomic mass is 9.84. The van der Waals surface area contributed by atoms with E-state index in [1.165, 1.54) is 10.9 Å². The van der Waals surface area contributed by atoms with Crippen LogP contribution < -0.4 is 0 Å². The van der Waals surface area contributed by atoms with Crippen LogP contribution in [0.25, 0.3) is 5.69 Å². The van der Waals surface area contributed by atoms with Gasteiger partial charge in [-0.25, -0.2) is 4.68 Å². The maximum Gasteiger partial charge on any atom is 0.195 e. The van der Waals surface area contributed by atoms with Gasteiger partial charge in [0.15, 0.2) is 5.78 Å². The molecule has 0 radical (unpaired) electrons. The highest BCUT2D eigenvalue weighted by Gasteiger charge is 2.31. The van der Waals surface area contributed by atoms with Crippen LogP contribution in [0.1, 0.15) is 36.2 Å². The van der Waals surface area contributed by atoms with Crippen molar-refractivity contribution in [1.29, 1.82) is 0 Å². The first-order chi connectivity index (χ1) is 10.6. The fourth-order valence-electron chi connectivity index (χ4n) is 2.57. The summed E-state index contributed by atoms with van der Waals surface area (Å²) in [4.78, 5) is 24.3. The molecule has 0 unspecified atom stereocenters. The van der Waals surface area contributed by atoms with Crippen molar-refractivity contribution in [3.63, 3.8) is 0 Å². The van der Waals surface area contributed by atoms with Crippen molar-refractivity contribution >= 4 is 34.8 Å². The molecule has 1 heterocycles. The summed E-state index contributed by atoms with van der Waals surface area (Å²) in [5.74, 6) is -0.830. The smallest absolute Gasteiger partial charge is 0.195 e. The molecule has 3 rings (SSSR count). The van der Waals surface area contributed by atoms with E-state index in [0.29, 0.717) is 28.6 Å². The summed E-state index contributed by atoms with van der Waals surface area (Å²) in [6.45, 7) is 0. The molecule has 1 aromatic carbocycles. The summed E-state index contributed by atoms with van der Waals surface area (Å²) < 4.78 is 1.45. The van der Waals surface area contributed by atoms with Gasteiger partial charge in [0, 0.05) is 6.42 Å². The second-order valence-corrected chi connectivity index (χ2v) is 6.09. The predicted octanol–water partition coefficient (Wildman–Crippen LogP) is 3.52. The number of Topliss-reactive ketones (excluding diaryl/α,β-unsaturated/α-hetero) is 2. The van der Waals surface area contributed by atoms with E-state index in [1.54, 1.807) is 18.2 Å². The maximum absolute atomic E-state index is 12.4. The third-order valence-corrected chi connectivity index (χ3v) is 4.52. The number of carbonyl (C=O) groups is 2. The Morgan fingerprint density at radius 2 is 2.05 bits per heavy atom. The number of nitrogens with zero attached hydrogens (tertiary/aromatic N) is 3. The second kappa shape index (κ2) is 6.18. The van der Waals surface area contributed by atoms with Gasteiger partial charge in [0.2, 0.25) is 0 Å². The topological polar surface area (TPSA) is 64.8 Å². The van der Waals surface area contributed by atoms with Gasteiger partial charge in [-0.1, -0.05) is 34.8 Å². The average Bonchev–Trinajstić information content (AvgIpc) is 3.00. The quantitative estimate of drug-likeness (QED) is 0.634. The summed E-state index contributed by atoms with van der Waals surface area (Å²) >= 11 is 11.8. The third-order valence-electron chi connectivity index (χ3n) is 3.78. The van der Waals surface area contributed by atoms with Gasteiger partial charge in [0.05, 0.1) is 27.8 Å². The van der Waals surface area contributed by atoms with E-state index in [4.69, 9.17) is 23.2 Å². The van der Waals surface area contributed by atoms with Gasteiger partial charge in [0.25, 0.3) is 0 Å². The van der Waals surface area contributed by atoms with Crippen LogP contribution in [0.4, 0.5) is 0 Å². The standard InChI is InChI=1S/C15H13Cl2N3O2/c16-11-6-5-9(7-12(11)17)20-8-13(18-19-20)15(22)10-3-1-2-4-14(10)21/h5-8,10H,1-4H2/t10-/m1/s1. The van der Waals surface area contributed by atoms with Gasteiger partial charge in [-0.2, -0.15) is 0 Å². The van der Waals surface area contributed by atoms with Crippen LogP contribution in [0.3, 0.4) is 0 Å². The van der Waals surface area contributed by atoms with Crippen molar-refractivity contribution in [2.75, 3.05) is 0 Å². The van der Waals surface area contributed by atoms with E-state index in [2.05, 4.69) is 10.3 Å². The lowest BCUT2D eigenvalue weighted by Gasteiger charge is -2.17. The van der Waals surface area contributed by atoms with Crippen molar-refractivity contribution in [2.24, 2.45) is 5.92 Å². The molecule has 0 amide bonds. The fourth-order valence-corrected chi connectivity index (χ4v) is 2.86. The number of carbonyl (C=O) groups excluding carboxylic acids is 2. The molecule has 0 aliphatic heterocycles. The first kappa shape index (κ1) is 15.2. The van der Waals surface area contributed by atoms with Crippen LogP contribution in [0.15, 0.2) is 24.4 Å². The summed E-state index contributed by atoms with van der Waals surface area (Å²) in [5, 5.41) is 8.65. The zero-order valence-corrected chi connectivity index (χ0v) is 13.1. The highest BCUT2D eigenvalue weighted by molar-refractivity contribution is 6.42. The average molecular weight is 338 g/mol. The largest absolute Gasteiger partial charge is 0.299 e. The SMILES string of the molecule is O=C1CCCC[C@H]1C(=O)c1cn(-c2ccc(Cl)c(Cl)c2)nn1. The molecule has 1 fully saturated rings. The first-order valence-electron chi connectivity index (χ1n) is 7.01. The van der Waals surface area contributed by atoms with Crippen LogP contribution in [0.2, 0.25) is 10.0 Å². The van der Waals surface area contributed by atoms with Crippen LogP contribution in [0.5, 0.6) is 0 Å². The highest BCUT2D eigenvalue weighted by Crippen LogP contribution is 2.26. The molecule has 1 aromatic heterocycles. The molecule has 1 atom stereocenters. The van der Waals surface area contributed by atoms with E-state index < -0.39 is 5.92 Å². The van der Waals surface area contributed by atoms with Gasteiger partial charge < -0.3 is 0 Å². The second-order valence-electron chi connectivity index (χ2n) is 5.28. The number of rotatable bonds is 3. The Bertz CT molecular complexity index is 742. The molecule has 22 heavy (non-hydrogen) atoms. The van der Waals surface area contributed by atoms with Crippen LogP contribution in [0, 0.1) is 5.92 Å². The van der Waals surface area contributed by atoms with Gasteiger partial charge in [-0.05, 0) is 31.0 Å². The minimum Gasteiger partial charge on any atom is -0.299 e. The van der Waals surface area contributed by atoms with Gasteiger partial charge in [-0.15, -0.1) is 5.10 Å². The summed E-state index contributed by atoms with van der Waals surface area (Å²) in [5.41, 5.74) is 0.849.